The van der Waals surface area contributed by atoms with Gasteiger partial charge in [-0.1, -0.05) is 32.0 Å². The Hall–Kier alpha value is -2.87. The van der Waals surface area contributed by atoms with Crippen molar-refractivity contribution in [2.24, 2.45) is 0 Å². The molecular weight excluding hydrogens is 278 g/mol. The largest absolute Gasteiger partial charge is 0.326 e. The van der Waals surface area contributed by atoms with Crippen LogP contribution in [0.5, 0.6) is 0 Å². The van der Waals surface area contributed by atoms with Gasteiger partial charge in [0.25, 0.3) is 0 Å². The topological polar surface area (TPSA) is 77.0 Å². The van der Waals surface area contributed by atoms with Crippen LogP contribution in [0.3, 0.4) is 0 Å². The van der Waals surface area contributed by atoms with Gasteiger partial charge in [-0.2, -0.15) is 5.26 Å². The van der Waals surface area contributed by atoms with Crippen LogP contribution in [0.1, 0.15) is 37.5 Å². The highest BCUT2D eigenvalue weighted by Gasteiger charge is 2.12. The van der Waals surface area contributed by atoms with Crippen LogP contribution in [0, 0.1) is 11.3 Å². The summed E-state index contributed by atoms with van der Waals surface area (Å²) in [6.45, 7) is 5.45. The van der Waals surface area contributed by atoms with E-state index in [2.05, 4.69) is 11.4 Å². The van der Waals surface area contributed by atoms with Crippen molar-refractivity contribution in [3.8, 4) is 6.07 Å². The average molecular weight is 298 g/mol. The number of nitrogens with zero attached hydrogens (tertiary/aromatic N) is 2. The zero-order valence-corrected chi connectivity index (χ0v) is 13.0. The van der Waals surface area contributed by atoms with Gasteiger partial charge in [-0.25, -0.2) is 0 Å². The molecule has 0 aliphatic heterocycles. The van der Waals surface area contributed by atoms with Crippen LogP contribution in [0.25, 0.3) is 0 Å². The Kier molecular flexibility index (Phi) is 6.58. The van der Waals surface area contributed by atoms with Crippen LogP contribution in [0.2, 0.25) is 0 Å². The lowest BCUT2D eigenvalue weighted by Gasteiger charge is -2.09. The maximum absolute atomic E-state index is 11.2. The molecule has 0 spiro atoms. The van der Waals surface area contributed by atoms with E-state index in [1.807, 2.05) is 32.0 Å². The van der Waals surface area contributed by atoms with Crippen LogP contribution in [-0.2, 0) is 11.2 Å². The van der Waals surface area contributed by atoms with Gasteiger partial charge in [-0.3, -0.25) is 10.0 Å². The van der Waals surface area contributed by atoms with Crippen molar-refractivity contribution in [3.05, 3.63) is 59.4 Å². The van der Waals surface area contributed by atoms with E-state index >= 15 is 0 Å². The number of carbonyl (C=O) groups excluding carboxylic acids is 1. The summed E-state index contributed by atoms with van der Waals surface area (Å²) < 4.78 is 0.914. The van der Waals surface area contributed by atoms with Gasteiger partial charge in [-0.15, -0.1) is 0 Å². The van der Waals surface area contributed by atoms with Crippen molar-refractivity contribution in [1.82, 2.24) is 0 Å². The monoisotopic (exact) mass is 298 g/mol. The lowest BCUT2D eigenvalue weighted by atomic mass is 10.0. The number of benzene rings is 1. The van der Waals surface area contributed by atoms with E-state index in [9.17, 15) is 10.0 Å². The van der Waals surface area contributed by atoms with Gasteiger partial charge in [0.2, 0.25) is 18.3 Å². The number of hydrogen-bond donors (Lipinski definition) is 2. The van der Waals surface area contributed by atoms with Gasteiger partial charge in [-0.05, 0) is 11.6 Å². The van der Waals surface area contributed by atoms with Crippen LogP contribution >= 0.6 is 0 Å². The Labute approximate surface area is 130 Å². The van der Waals surface area contributed by atoms with Crippen LogP contribution in [-0.4, -0.2) is 11.1 Å². The molecule has 0 fully saturated rings. The second-order valence-electron chi connectivity index (χ2n) is 4.39. The summed E-state index contributed by atoms with van der Waals surface area (Å²) in [7, 11) is 0. The van der Waals surface area contributed by atoms with Crippen LogP contribution < -0.4 is 10.0 Å². The first kappa shape index (κ1) is 17.2. The number of nitrogens with one attached hydrogen (secondary N) is 1. The number of amides is 1. The third-order valence-corrected chi connectivity index (χ3v) is 2.86. The maximum Gasteiger partial charge on any atom is 0.227 e. The number of carbonyl (C=O) groups is 1. The summed E-state index contributed by atoms with van der Waals surface area (Å²) >= 11 is 0. The van der Waals surface area contributed by atoms with Crippen molar-refractivity contribution < 1.29 is 14.7 Å². The molecule has 2 aromatic rings. The van der Waals surface area contributed by atoms with E-state index in [-0.39, 0.29) is 5.91 Å². The molecule has 0 radical (unpaired) electrons. The minimum atomic E-state index is -0.150. The maximum atomic E-state index is 11.2. The Morgan fingerprint density at radius 2 is 1.95 bits per heavy atom. The second-order valence-corrected chi connectivity index (χ2v) is 4.39. The van der Waals surface area contributed by atoms with Gasteiger partial charge in [0.1, 0.15) is 0 Å². The zero-order chi connectivity index (χ0) is 16.5. The Morgan fingerprint density at radius 3 is 2.59 bits per heavy atom. The standard InChI is InChI=1S/C15H13N3O2.C2H6/c1-11(19)17-15-5-3-2-4-12(15)8-14-10-18(20)7-6-13(14)9-16;1-2/h2-7,10H,8H2,1H3,(H-,17,19,20);1-2H3/p+1. The number of rotatable bonds is 3. The molecule has 1 amide bonds. The first-order chi connectivity index (χ1) is 10.6. The molecule has 2 N–H and O–H groups in total. The zero-order valence-electron chi connectivity index (χ0n) is 13.0. The molecule has 0 atom stereocenters. The molecular formula is C17H20N3O2+. The van der Waals surface area contributed by atoms with E-state index in [0.29, 0.717) is 23.2 Å². The lowest BCUT2D eigenvalue weighted by molar-refractivity contribution is -0.905. The smallest absolute Gasteiger partial charge is 0.227 e. The molecule has 0 aliphatic carbocycles. The van der Waals surface area contributed by atoms with E-state index in [0.717, 1.165) is 10.3 Å². The average Bonchev–Trinajstić information content (AvgIpc) is 2.51. The van der Waals surface area contributed by atoms with Crippen molar-refractivity contribution >= 4 is 11.6 Å². The summed E-state index contributed by atoms with van der Waals surface area (Å²) in [6, 6.07) is 11.0. The fourth-order valence-electron chi connectivity index (χ4n) is 1.97. The highest BCUT2D eigenvalue weighted by Crippen LogP contribution is 2.20. The van der Waals surface area contributed by atoms with Gasteiger partial charge in [0, 0.05) is 35.4 Å². The first-order valence-corrected chi connectivity index (χ1v) is 7.09. The molecule has 0 saturated carbocycles. The predicted octanol–water partition coefficient (Wildman–Crippen LogP) is 2.66. The Morgan fingerprint density at radius 1 is 1.27 bits per heavy atom. The molecule has 1 aromatic carbocycles. The summed E-state index contributed by atoms with van der Waals surface area (Å²) in [6.07, 6.45) is 3.34. The van der Waals surface area contributed by atoms with Crippen molar-refractivity contribution in [2.75, 3.05) is 5.32 Å². The highest BCUT2D eigenvalue weighted by atomic mass is 16.5. The van der Waals surface area contributed by atoms with E-state index < -0.39 is 0 Å². The second kappa shape index (κ2) is 8.42. The van der Waals surface area contributed by atoms with E-state index in [4.69, 9.17) is 5.26 Å². The van der Waals surface area contributed by atoms with E-state index in [1.54, 1.807) is 12.1 Å². The third kappa shape index (κ3) is 4.60. The lowest BCUT2D eigenvalue weighted by Crippen LogP contribution is -2.29. The molecule has 5 heteroatoms. The number of pyridine rings is 1. The SMILES string of the molecule is CC.CC(=O)Nc1ccccc1Cc1c[n+](O)ccc1C#N. The number of hydrogen-bond acceptors (Lipinski definition) is 3. The molecule has 0 saturated heterocycles. The first-order valence-electron chi connectivity index (χ1n) is 7.09. The minimum absolute atomic E-state index is 0.150. The third-order valence-electron chi connectivity index (χ3n) is 2.86. The molecule has 0 aliphatic rings. The predicted molar refractivity (Wildman–Crippen MR) is 83.4 cm³/mol. The summed E-state index contributed by atoms with van der Waals surface area (Å²) in [4.78, 5) is 11.2. The van der Waals surface area contributed by atoms with Gasteiger partial charge in [0.15, 0.2) is 0 Å². The molecule has 22 heavy (non-hydrogen) atoms. The molecule has 1 heterocycles. The highest BCUT2D eigenvalue weighted by molar-refractivity contribution is 5.89. The Bertz CT molecular complexity index is 691. The fraction of sp³-hybridized carbons (Fsp3) is 0.235. The number of nitriles is 1. The van der Waals surface area contributed by atoms with E-state index in [1.165, 1.54) is 19.3 Å². The van der Waals surface area contributed by atoms with Gasteiger partial charge < -0.3 is 5.32 Å². The summed E-state index contributed by atoms with van der Waals surface area (Å²) in [5.41, 5.74) is 2.77. The molecule has 114 valence electrons. The molecule has 5 nitrogen and oxygen atoms in total. The molecule has 2 rings (SSSR count). The number of anilines is 1. The quantitative estimate of drug-likeness (QED) is 0.675. The minimum Gasteiger partial charge on any atom is -0.326 e. The van der Waals surface area contributed by atoms with Crippen molar-refractivity contribution in [3.63, 3.8) is 0 Å². The van der Waals surface area contributed by atoms with Crippen molar-refractivity contribution in [1.29, 1.82) is 5.26 Å². The fourth-order valence-corrected chi connectivity index (χ4v) is 1.97. The van der Waals surface area contributed by atoms with Crippen LogP contribution in [0.4, 0.5) is 5.69 Å². The number of para-hydroxylation sites is 1. The van der Waals surface area contributed by atoms with Gasteiger partial charge >= 0.3 is 0 Å². The molecule has 0 unspecified atom stereocenters. The normalized spacial score (nSPS) is 9.18. The number of aromatic nitrogens is 1. The van der Waals surface area contributed by atoms with Crippen molar-refractivity contribution in [2.45, 2.75) is 27.2 Å². The van der Waals surface area contributed by atoms with Gasteiger partial charge in [0.05, 0.1) is 11.6 Å². The summed E-state index contributed by atoms with van der Waals surface area (Å²) in [5.74, 6) is -0.150. The molecule has 1 aromatic heterocycles. The van der Waals surface area contributed by atoms with Crippen LogP contribution in [0.15, 0.2) is 42.7 Å². The Balaban J connectivity index is 0.00000116. The summed E-state index contributed by atoms with van der Waals surface area (Å²) in [5, 5.41) is 21.3. The molecule has 0 bridgehead atoms.